The molecule has 0 aromatic heterocycles. The van der Waals surface area contributed by atoms with Crippen LogP contribution in [0, 0.1) is 0 Å². The zero-order chi connectivity index (χ0) is 23.2. The number of carbonyl (C=O) groups is 3. The number of rotatable bonds is 3. The predicted octanol–water partition coefficient (Wildman–Crippen LogP) is 3.32. The van der Waals surface area contributed by atoms with Gasteiger partial charge in [-0.05, 0) is 43.9 Å². The number of alkyl halides is 3. The van der Waals surface area contributed by atoms with E-state index in [0.29, 0.717) is 0 Å². The molecule has 168 valence electrons. The van der Waals surface area contributed by atoms with Gasteiger partial charge >= 0.3 is 12.1 Å². The van der Waals surface area contributed by atoms with E-state index in [2.05, 4.69) is 10.1 Å². The molecule has 2 aromatic carbocycles. The number of hydrogen-bond donors (Lipinski definition) is 3. The molecule has 0 unspecified atom stereocenters. The van der Waals surface area contributed by atoms with Crippen molar-refractivity contribution >= 4 is 23.2 Å². The number of fused-ring (bicyclic) bond motifs is 2. The molecule has 0 aliphatic heterocycles. The SMILES string of the molecule is NC1CCC(Nc2ccc(O)c3c2C(=O)c2c(OC(=O)C(F)(F)F)cccc2C3=O)CC1. The number of ether oxygens (including phenoxy) is 1. The van der Waals surface area contributed by atoms with E-state index < -0.39 is 40.8 Å². The van der Waals surface area contributed by atoms with Gasteiger partial charge in [0.25, 0.3) is 0 Å². The summed E-state index contributed by atoms with van der Waals surface area (Å²) in [5.41, 5.74) is 5.04. The third-order valence-corrected chi connectivity index (χ3v) is 5.70. The minimum atomic E-state index is -5.28. The average molecular weight is 448 g/mol. The van der Waals surface area contributed by atoms with E-state index in [4.69, 9.17) is 5.73 Å². The van der Waals surface area contributed by atoms with Crippen LogP contribution in [0.1, 0.15) is 57.5 Å². The Balaban J connectivity index is 1.77. The molecule has 2 aromatic rings. The number of phenols is 1. The molecule has 32 heavy (non-hydrogen) atoms. The summed E-state index contributed by atoms with van der Waals surface area (Å²) in [6.07, 6.45) is -2.29. The Hall–Kier alpha value is -3.40. The Morgan fingerprint density at radius 2 is 1.69 bits per heavy atom. The Morgan fingerprint density at radius 1 is 1.00 bits per heavy atom. The third kappa shape index (κ3) is 3.81. The minimum absolute atomic E-state index is 0.0361. The highest BCUT2D eigenvalue weighted by Crippen LogP contribution is 2.41. The summed E-state index contributed by atoms with van der Waals surface area (Å²) in [5, 5.41) is 13.5. The number of esters is 1. The summed E-state index contributed by atoms with van der Waals surface area (Å²) in [6.45, 7) is 0. The molecule has 0 saturated heterocycles. The first-order valence-electron chi connectivity index (χ1n) is 9.97. The fraction of sp³-hybridized carbons (Fsp3) is 0.318. The van der Waals surface area contributed by atoms with Crippen LogP contribution in [0.5, 0.6) is 11.5 Å². The molecule has 0 radical (unpaired) electrons. The molecule has 4 rings (SSSR count). The highest BCUT2D eigenvalue weighted by molar-refractivity contribution is 6.32. The molecule has 1 saturated carbocycles. The molecular weight excluding hydrogens is 429 g/mol. The number of anilines is 1. The molecular formula is C22H19F3N2O5. The number of carbonyl (C=O) groups excluding carboxylic acids is 3. The molecule has 4 N–H and O–H groups in total. The normalized spacial score (nSPS) is 20.4. The molecule has 0 bridgehead atoms. The van der Waals surface area contributed by atoms with Crippen molar-refractivity contribution in [1.29, 1.82) is 0 Å². The Kier molecular flexibility index (Phi) is 5.41. The zero-order valence-electron chi connectivity index (χ0n) is 16.7. The van der Waals surface area contributed by atoms with Gasteiger partial charge in [0.2, 0.25) is 0 Å². The van der Waals surface area contributed by atoms with Crippen LogP contribution < -0.4 is 15.8 Å². The van der Waals surface area contributed by atoms with Crippen LogP contribution in [-0.4, -0.2) is 40.9 Å². The maximum absolute atomic E-state index is 13.4. The van der Waals surface area contributed by atoms with Gasteiger partial charge in [0.1, 0.15) is 11.5 Å². The smallest absolute Gasteiger partial charge is 0.491 e. The Morgan fingerprint density at radius 3 is 2.34 bits per heavy atom. The fourth-order valence-electron chi connectivity index (χ4n) is 4.12. The lowest BCUT2D eigenvalue weighted by molar-refractivity contribution is -0.189. The van der Waals surface area contributed by atoms with E-state index in [1.54, 1.807) is 0 Å². The van der Waals surface area contributed by atoms with Crippen molar-refractivity contribution in [2.75, 3.05) is 5.32 Å². The fourth-order valence-corrected chi connectivity index (χ4v) is 4.12. The van der Waals surface area contributed by atoms with Gasteiger partial charge in [0.05, 0.1) is 16.7 Å². The van der Waals surface area contributed by atoms with Crippen molar-refractivity contribution in [2.24, 2.45) is 5.73 Å². The van der Waals surface area contributed by atoms with Crippen molar-refractivity contribution < 1.29 is 37.4 Å². The van der Waals surface area contributed by atoms with E-state index >= 15 is 0 Å². The second-order valence-corrected chi connectivity index (χ2v) is 7.86. The predicted molar refractivity (Wildman–Crippen MR) is 107 cm³/mol. The first-order chi connectivity index (χ1) is 15.1. The standard InChI is InChI=1S/C22H19F3N2O5/c23-22(24,25)21(31)32-15-3-1-2-12-16(15)20(30)17-13(8-9-14(28)18(17)19(12)29)27-11-6-4-10(26)5-7-11/h1-3,8-11,27-28H,4-7,26H2. The van der Waals surface area contributed by atoms with Crippen LogP contribution in [0.2, 0.25) is 0 Å². The van der Waals surface area contributed by atoms with E-state index in [-0.39, 0.29) is 34.5 Å². The first kappa shape index (κ1) is 21.8. The van der Waals surface area contributed by atoms with Crippen LogP contribution in [-0.2, 0) is 4.79 Å². The molecule has 1 fully saturated rings. The third-order valence-electron chi connectivity index (χ3n) is 5.70. The quantitative estimate of drug-likeness (QED) is 0.320. The van der Waals surface area contributed by atoms with E-state index in [1.165, 1.54) is 24.3 Å². The summed E-state index contributed by atoms with van der Waals surface area (Å²) in [4.78, 5) is 37.8. The number of phenolic OH excluding ortho intramolecular Hbond substituents is 1. The van der Waals surface area contributed by atoms with Gasteiger partial charge in [-0.3, -0.25) is 9.59 Å². The van der Waals surface area contributed by atoms with E-state index in [1.807, 2.05) is 0 Å². The monoisotopic (exact) mass is 448 g/mol. The van der Waals surface area contributed by atoms with Crippen molar-refractivity contribution in [2.45, 2.75) is 43.9 Å². The molecule has 0 spiro atoms. The number of aromatic hydroxyl groups is 1. The maximum Gasteiger partial charge on any atom is 0.491 e. The lowest BCUT2D eigenvalue weighted by atomic mass is 9.81. The zero-order valence-corrected chi connectivity index (χ0v) is 16.7. The van der Waals surface area contributed by atoms with Crippen LogP contribution in [0.15, 0.2) is 30.3 Å². The maximum atomic E-state index is 13.4. The van der Waals surface area contributed by atoms with Gasteiger partial charge in [-0.15, -0.1) is 0 Å². The lowest BCUT2D eigenvalue weighted by Gasteiger charge is -2.29. The topological polar surface area (TPSA) is 119 Å². The Bertz CT molecular complexity index is 1120. The van der Waals surface area contributed by atoms with Gasteiger partial charge in [-0.2, -0.15) is 13.2 Å². The van der Waals surface area contributed by atoms with E-state index in [0.717, 1.165) is 31.7 Å². The van der Waals surface area contributed by atoms with Crippen LogP contribution in [0.3, 0.4) is 0 Å². The first-order valence-corrected chi connectivity index (χ1v) is 9.97. The van der Waals surface area contributed by atoms with Crippen molar-refractivity contribution in [3.05, 3.63) is 52.6 Å². The molecule has 7 nitrogen and oxygen atoms in total. The molecule has 2 aliphatic rings. The van der Waals surface area contributed by atoms with Crippen molar-refractivity contribution in [3.8, 4) is 11.5 Å². The second-order valence-electron chi connectivity index (χ2n) is 7.86. The number of benzene rings is 2. The molecule has 2 aliphatic carbocycles. The highest BCUT2D eigenvalue weighted by Gasteiger charge is 2.43. The summed E-state index contributed by atoms with van der Waals surface area (Å²) >= 11 is 0. The van der Waals surface area contributed by atoms with Crippen molar-refractivity contribution in [1.82, 2.24) is 0 Å². The van der Waals surface area contributed by atoms with Gasteiger partial charge < -0.3 is 20.9 Å². The van der Waals surface area contributed by atoms with Gasteiger partial charge in [-0.1, -0.05) is 12.1 Å². The largest absolute Gasteiger partial charge is 0.507 e. The van der Waals surface area contributed by atoms with Gasteiger partial charge in [0, 0.05) is 23.3 Å². The summed E-state index contributed by atoms with van der Waals surface area (Å²) < 4.78 is 42.5. The number of nitrogens with one attached hydrogen (secondary N) is 1. The van der Waals surface area contributed by atoms with E-state index in [9.17, 15) is 32.7 Å². The summed E-state index contributed by atoms with van der Waals surface area (Å²) in [7, 11) is 0. The Labute approximate surface area is 180 Å². The van der Waals surface area contributed by atoms with Crippen LogP contribution >= 0.6 is 0 Å². The molecule has 10 heteroatoms. The minimum Gasteiger partial charge on any atom is -0.507 e. The summed E-state index contributed by atoms with van der Waals surface area (Å²) in [6, 6.07) is 6.19. The number of halogens is 3. The van der Waals surface area contributed by atoms with Gasteiger partial charge in [-0.25, -0.2) is 4.79 Å². The number of nitrogens with two attached hydrogens (primary N) is 1. The number of hydrogen-bond acceptors (Lipinski definition) is 7. The second kappa shape index (κ2) is 7.94. The van der Waals surface area contributed by atoms with Gasteiger partial charge in [0.15, 0.2) is 11.6 Å². The molecule has 0 amide bonds. The summed E-state index contributed by atoms with van der Waals surface area (Å²) in [5.74, 6) is -5.20. The number of ketones is 2. The average Bonchev–Trinajstić information content (AvgIpc) is 2.74. The van der Waals surface area contributed by atoms with Crippen LogP contribution in [0.25, 0.3) is 0 Å². The lowest BCUT2D eigenvalue weighted by Crippen LogP contribution is -2.34. The van der Waals surface area contributed by atoms with Crippen molar-refractivity contribution in [3.63, 3.8) is 0 Å². The molecule has 0 heterocycles. The highest BCUT2D eigenvalue weighted by atomic mass is 19.4. The molecule has 0 atom stereocenters. The van der Waals surface area contributed by atoms with Crippen LogP contribution in [0.4, 0.5) is 18.9 Å².